The number of aromatic nitrogens is 5. The zero-order valence-corrected chi connectivity index (χ0v) is 16.9. The van der Waals surface area contributed by atoms with Crippen molar-refractivity contribution in [2.24, 2.45) is 7.05 Å². The third kappa shape index (κ3) is 3.18. The molecular formula is C23H20N6O. The minimum Gasteiger partial charge on any atom is -0.313 e. The number of nitrogens with zero attached hydrogens (tertiary/aromatic N) is 6. The Bertz CT molecular complexity index is 1260. The number of nitriles is 1. The molecule has 30 heavy (non-hydrogen) atoms. The summed E-state index contributed by atoms with van der Waals surface area (Å²) in [5.41, 5.74) is 3.88. The largest absolute Gasteiger partial charge is 0.313 e. The molecule has 0 aliphatic rings. The van der Waals surface area contributed by atoms with Crippen molar-refractivity contribution in [3.63, 3.8) is 0 Å². The van der Waals surface area contributed by atoms with Gasteiger partial charge in [-0.1, -0.05) is 48.5 Å². The first-order valence-electron chi connectivity index (χ1n) is 9.52. The molecule has 0 saturated heterocycles. The van der Waals surface area contributed by atoms with Crippen LogP contribution in [0.25, 0.3) is 17.1 Å². The second-order valence-corrected chi connectivity index (χ2v) is 7.08. The summed E-state index contributed by atoms with van der Waals surface area (Å²) in [5, 5.41) is 22.6. The van der Waals surface area contributed by atoms with E-state index in [1.165, 1.54) is 6.20 Å². The summed E-state index contributed by atoms with van der Waals surface area (Å²) in [6, 6.07) is 19.4. The zero-order valence-electron chi connectivity index (χ0n) is 16.9. The fraction of sp³-hybridized carbons (Fsp3) is 0.174. The molecule has 0 aliphatic heterocycles. The van der Waals surface area contributed by atoms with Gasteiger partial charge in [0.1, 0.15) is 0 Å². The van der Waals surface area contributed by atoms with Crippen molar-refractivity contribution in [3.8, 4) is 23.1 Å². The highest BCUT2D eigenvalue weighted by Crippen LogP contribution is 2.26. The first-order valence-corrected chi connectivity index (χ1v) is 9.52. The maximum Gasteiger partial charge on any atom is 0.191 e. The molecule has 148 valence electrons. The van der Waals surface area contributed by atoms with Crippen LogP contribution in [0, 0.1) is 25.2 Å². The van der Waals surface area contributed by atoms with Gasteiger partial charge < -0.3 is 4.57 Å². The van der Waals surface area contributed by atoms with E-state index < -0.39 is 5.92 Å². The molecule has 2 aromatic heterocycles. The molecule has 2 aromatic carbocycles. The van der Waals surface area contributed by atoms with Gasteiger partial charge >= 0.3 is 0 Å². The summed E-state index contributed by atoms with van der Waals surface area (Å²) in [6.45, 7) is 3.81. The number of hydrogen-bond donors (Lipinski definition) is 0. The Balaban J connectivity index is 1.71. The lowest BCUT2D eigenvalue weighted by molar-refractivity contribution is 0.0974. The smallest absolute Gasteiger partial charge is 0.191 e. The number of para-hydroxylation sites is 1. The maximum absolute atomic E-state index is 13.3. The van der Waals surface area contributed by atoms with Crippen LogP contribution in [0.5, 0.6) is 0 Å². The molecule has 0 amide bonds. The fourth-order valence-electron chi connectivity index (χ4n) is 3.52. The highest BCUT2D eigenvalue weighted by atomic mass is 16.1. The lowest BCUT2D eigenvalue weighted by Crippen LogP contribution is -2.16. The third-order valence-corrected chi connectivity index (χ3v) is 5.21. The van der Waals surface area contributed by atoms with Crippen molar-refractivity contribution < 1.29 is 4.79 Å². The van der Waals surface area contributed by atoms with Gasteiger partial charge in [0.2, 0.25) is 0 Å². The van der Waals surface area contributed by atoms with Gasteiger partial charge in [0.25, 0.3) is 0 Å². The molecule has 0 saturated carbocycles. The number of aryl methyl sites for hydroxylation is 1. The molecule has 1 atom stereocenters. The highest BCUT2D eigenvalue weighted by molar-refractivity contribution is 6.03. The van der Waals surface area contributed by atoms with E-state index in [-0.39, 0.29) is 5.78 Å². The Morgan fingerprint density at radius 1 is 1.03 bits per heavy atom. The Morgan fingerprint density at radius 2 is 1.73 bits per heavy atom. The molecule has 0 bridgehead atoms. The average Bonchev–Trinajstić information content (AvgIpc) is 3.33. The zero-order chi connectivity index (χ0) is 21.3. The molecule has 0 radical (unpaired) electrons. The third-order valence-electron chi connectivity index (χ3n) is 5.21. The van der Waals surface area contributed by atoms with E-state index in [9.17, 15) is 10.1 Å². The molecule has 0 aliphatic carbocycles. The van der Waals surface area contributed by atoms with Crippen LogP contribution in [-0.4, -0.2) is 30.3 Å². The van der Waals surface area contributed by atoms with Gasteiger partial charge in [-0.15, -0.1) is 10.2 Å². The standard InChI is InChI=1S/C23H20N6O/c1-15-9-7-8-12-20(15)29-16(2)19(14-25-29)21(30)18(13-24)23-27-26-22(28(23)3)17-10-5-4-6-11-17/h4-12,14,18H,1-3H3. The van der Waals surface area contributed by atoms with Crippen LogP contribution in [0.15, 0.2) is 60.8 Å². The minimum atomic E-state index is -1.08. The topological polar surface area (TPSA) is 89.4 Å². The minimum absolute atomic E-state index is 0.310. The second kappa shape index (κ2) is 7.76. The molecule has 4 rings (SSSR count). The molecule has 2 heterocycles. The van der Waals surface area contributed by atoms with Gasteiger partial charge in [0, 0.05) is 12.6 Å². The van der Waals surface area contributed by atoms with Crippen molar-refractivity contribution in [2.75, 3.05) is 0 Å². The Morgan fingerprint density at radius 3 is 2.43 bits per heavy atom. The number of Topliss-reactive ketones (excluding diaryl/α,β-unsaturated/α-hetero) is 1. The van der Waals surface area contributed by atoms with Crippen molar-refractivity contribution >= 4 is 5.78 Å². The summed E-state index contributed by atoms with van der Waals surface area (Å²) in [6.07, 6.45) is 1.52. The molecule has 7 heteroatoms. The van der Waals surface area contributed by atoms with Crippen LogP contribution < -0.4 is 0 Å². The number of ketones is 1. The van der Waals surface area contributed by atoms with Crippen LogP contribution in [0.1, 0.15) is 33.4 Å². The van der Waals surface area contributed by atoms with Gasteiger partial charge in [0.15, 0.2) is 23.3 Å². The quantitative estimate of drug-likeness (QED) is 0.479. The monoisotopic (exact) mass is 396 g/mol. The van der Waals surface area contributed by atoms with Crippen LogP contribution in [0.4, 0.5) is 0 Å². The Hall–Kier alpha value is -4.05. The van der Waals surface area contributed by atoms with E-state index in [0.29, 0.717) is 22.9 Å². The average molecular weight is 396 g/mol. The molecule has 7 nitrogen and oxygen atoms in total. The van der Waals surface area contributed by atoms with Gasteiger partial charge in [-0.05, 0) is 25.5 Å². The summed E-state index contributed by atoms with van der Waals surface area (Å²) >= 11 is 0. The summed E-state index contributed by atoms with van der Waals surface area (Å²) in [4.78, 5) is 13.3. The molecule has 0 N–H and O–H groups in total. The summed E-state index contributed by atoms with van der Waals surface area (Å²) in [5.74, 6) is -0.506. The number of rotatable bonds is 5. The molecular weight excluding hydrogens is 376 g/mol. The van der Waals surface area contributed by atoms with Crippen molar-refractivity contribution in [1.82, 2.24) is 24.5 Å². The van der Waals surface area contributed by atoms with Crippen molar-refractivity contribution in [2.45, 2.75) is 19.8 Å². The van der Waals surface area contributed by atoms with E-state index in [1.54, 1.807) is 16.3 Å². The van der Waals surface area contributed by atoms with E-state index >= 15 is 0 Å². The van der Waals surface area contributed by atoms with E-state index in [2.05, 4.69) is 21.4 Å². The number of hydrogen-bond acceptors (Lipinski definition) is 5. The predicted molar refractivity (Wildman–Crippen MR) is 112 cm³/mol. The van der Waals surface area contributed by atoms with Gasteiger partial charge in [-0.3, -0.25) is 4.79 Å². The predicted octanol–water partition coefficient (Wildman–Crippen LogP) is 3.77. The van der Waals surface area contributed by atoms with Gasteiger partial charge in [-0.25, -0.2) is 4.68 Å². The number of carbonyl (C=O) groups excluding carboxylic acids is 1. The first-order chi connectivity index (χ1) is 14.5. The first kappa shape index (κ1) is 19.3. The normalized spacial score (nSPS) is 11.8. The number of benzene rings is 2. The fourth-order valence-corrected chi connectivity index (χ4v) is 3.52. The van der Waals surface area contributed by atoms with Gasteiger partial charge in [0.05, 0.1) is 29.2 Å². The summed E-state index contributed by atoms with van der Waals surface area (Å²) in [7, 11) is 1.76. The summed E-state index contributed by atoms with van der Waals surface area (Å²) < 4.78 is 3.42. The van der Waals surface area contributed by atoms with Crippen molar-refractivity contribution in [3.05, 3.63) is 83.4 Å². The lowest BCUT2D eigenvalue weighted by Gasteiger charge is -2.10. The van der Waals surface area contributed by atoms with Crippen LogP contribution in [0.3, 0.4) is 0 Å². The van der Waals surface area contributed by atoms with E-state index in [4.69, 9.17) is 0 Å². The Labute approximate surface area is 174 Å². The SMILES string of the molecule is Cc1ccccc1-n1ncc(C(=O)C(C#N)c2nnc(-c3ccccc3)n2C)c1C. The van der Waals surface area contributed by atoms with Gasteiger partial charge in [-0.2, -0.15) is 10.4 Å². The lowest BCUT2D eigenvalue weighted by atomic mass is 9.98. The number of carbonyl (C=O) groups is 1. The molecule has 1 unspecified atom stereocenters. The van der Waals surface area contributed by atoms with Crippen LogP contribution >= 0.6 is 0 Å². The van der Waals surface area contributed by atoms with Crippen LogP contribution in [-0.2, 0) is 7.05 Å². The highest BCUT2D eigenvalue weighted by Gasteiger charge is 2.30. The molecule has 0 fully saturated rings. The Kier molecular flexibility index (Phi) is 4.98. The second-order valence-electron chi connectivity index (χ2n) is 7.08. The molecule has 0 spiro atoms. The van der Waals surface area contributed by atoms with Crippen molar-refractivity contribution in [1.29, 1.82) is 5.26 Å². The van der Waals surface area contributed by atoms with Crippen LogP contribution in [0.2, 0.25) is 0 Å². The van der Waals surface area contributed by atoms with E-state index in [0.717, 1.165) is 16.8 Å². The molecule has 4 aromatic rings. The van der Waals surface area contributed by atoms with E-state index in [1.807, 2.05) is 68.4 Å². The maximum atomic E-state index is 13.3.